The van der Waals surface area contributed by atoms with Gasteiger partial charge >= 0.3 is 0 Å². The van der Waals surface area contributed by atoms with Crippen molar-refractivity contribution in [3.63, 3.8) is 0 Å². The highest BCUT2D eigenvalue weighted by atomic mass is 19.1. The Balaban J connectivity index is 1.75. The van der Waals surface area contributed by atoms with Crippen molar-refractivity contribution in [2.24, 2.45) is 7.05 Å². The molecule has 1 aromatic carbocycles. The number of aromatic amines is 1. The molecular weight excluding hydrogens is 360 g/mol. The van der Waals surface area contributed by atoms with E-state index in [1.807, 2.05) is 13.2 Å². The van der Waals surface area contributed by atoms with Crippen molar-refractivity contribution in [2.75, 3.05) is 0 Å². The van der Waals surface area contributed by atoms with Gasteiger partial charge in [-0.15, -0.1) is 0 Å². The predicted octanol–water partition coefficient (Wildman–Crippen LogP) is 5.04. The Bertz CT molecular complexity index is 1110. The number of benzene rings is 1. The highest BCUT2D eigenvalue weighted by Gasteiger charge is 2.17. The third kappa shape index (κ3) is 3.40. The lowest BCUT2D eigenvalue weighted by molar-refractivity contribution is 0.583. The molecule has 5 nitrogen and oxygen atoms in total. The van der Waals surface area contributed by atoms with Crippen LogP contribution in [0, 0.1) is 11.6 Å². The second-order valence-corrected chi connectivity index (χ2v) is 6.98. The van der Waals surface area contributed by atoms with E-state index in [-0.39, 0.29) is 11.3 Å². The third-order valence-corrected chi connectivity index (χ3v) is 4.85. The lowest BCUT2D eigenvalue weighted by Gasteiger charge is -2.08. The summed E-state index contributed by atoms with van der Waals surface area (Å²) in [6, 6.07) is 4.49. The summed E-state index contributed by atoms with van der Waals surface area (Å²) in [5, 5.41) is 12.1. The Kier molecular flexibility index (Phi) is 4.90. The maximum absolute atomic E-state index is 14.7. The minimum Gasteiger partial charge on any atom is -0.276 e. The molecule has 144 valence electrons. The summed E-state index contributed by atoms with van der Waals surface area (Å²) >= 11 is 0. The maximum Gasteiger partial charge on any atom is 0.135 e. The first kappa shape index (κ1) is 18.3. The van der Waals surface area contributed by atoms with Crippen LogP contribution >= 0.6 is 0 Å². The molecule has 0 atom stereocenters. The summed E-state index contributed by atoms with van der Waals surface area (Å²) < 4.78 is 31.2. The summed E-state index contributed by atoms with van der Waals surface area (Å²) in [6.07, 6.45) is 8.77. The third-order valence-electron chi connectivity index (χ3n) is 4.85. The number of fused-ring (bicyclic) bond motifs is 1. The Morgan fingerprint density at radius 3 is 2.54 bits per heavy atom. The number of halogens is 2. The first-order valence-electron chi connectivity index (χ1n) is 9.38. The van der Waals surface area contributed by atoms with Crippen LogP contribution < -0.4 is 0 Å². The van der Waals surface area contributed by atoms with Crippen molar-refractivity contribution in [1.82, 2.24) is 25.0 Å². The summed E-state index contributed by atoms with van der Waals surface area (Å²) in [5.74, 6) is -1.19. The molecule has 1 N–H and O–H groups in total. The molecule has 0 saturated carbocycles. The highest BCUT2D eigenvalue weighted by Crippen LogP contribution is 2.31. The second kappa shape index (κ2) is 7.50. The maximum atomic E-state index is 14.7. The molecule has 0 aliphatic heterocycles. The van der Waals surface area contributed by atoms with Gasteiger partial charge in [-0.2, -0.15) is 10.2 Å². The molecule has 0 radical (unpaired) electrons. The minimum atomic E-state index is -0.593. The van der Waals surface area contributed by atoms with Crippen molar-refractivity contribution in [3.8, 4) is 22.5 Å². The topological polar surface area (TPSA) is 59.4 Å². The fraction of sp³-hybridized carbons (Fsp3) is 0.286. The molecule has 7 heteroatoms. The zero-order chi connectivity index (χ0) is 19.7. The van der Waals surface area contributed by atoms with Crippen LogP contribution in [0.5, 0.6) is 0 Å². The van der Waals surface area contributed by atoms with Gasteiger partial charge in [0.2, 0.25) is 0 Å². The zero-order valence-corrected chi connectivity index (χ0v) is 15.8. The van der Waals surface area contributed by atoms with Crippen LogP contribution in [-0.4, -0.2) is 25.0 Å². The highest BCUT2D eigenvalue weighted by molar-refractivity contribution is 5.94. The Morgan fingerprint density at radius 2 is 1.86 bits per heavy atom. The number of nitrogens with zero attached hydrogens (tertiary/aromatic N) is 4. The van der Waals surface area contributed by atoms with Crippen LogP contribution in [0.15, 0.2) is 36.8 Å². The Morgan fingerprint density at radius 1 is 1.07 bits per heavy atom. The largest absolute Gasteiger partial charge is 0.276 e. The molecule has 0 saturated heterocycles. The summed E-state index contributed by atoms with van der Waals surface area (Å²) in [7, 11) is 1.82. The molecule has 0 aliphatic rings. The van der Waals surface area contributed by atoms with Gasteiger partial charge in [0.15, 0.2) is 0 Å². The van der Waals surface area contributed by atoms with E-state index in [2.05, 4.69) is 27.2 Å². The number of hydrogen-bond acceptors (Lipinski definition) is 3. The van der Waals surface area contributed by atoms with Crippen LogP contribution in [0.1, 0.15) is 31.7 Å². The van der Waals surface area contributed by atoms with E-state index in [1.165, 1.54) is 12.1 Å². The van der Waals surface area contributed by atoms with Gasteiger partial charge in [0.25, 0.3) is 0 Å². The van der Waals surface area contributed by atoms with Gasteiger partial charge in [-0.1, -0.05) is 19.8 Å². The van der Waals surface area contributed by atoms with Crippen molar-refractivity contribution in [3.05, 3.63) is 54.0 Å². The van der Waals surface area contributed by atoms with Gasteiger partial charge in [-0.3, -0.25) is 14.8 Å². The van der Waals surface area contributed by atoms with Crippen molar-refractivity contribution in [2.45, 2.75) is 32.6 Å². The predicted molar refractivity (Wildman–Crippen MR) is 105 cm³/mol. The Labute approximate surface area is 161 Å². The number of aryl methyl sites for hydroxylation is 2. The fourth-order valence-corrected chi connectivity index (χ4v) is 3.41. The zero-order valence-electron chi connectivity index (χ0n) is 15.8. The summed E-state index contributed by atoms with van der Waals surface area (Å²) in [4.78, 5) is 4.24. The molecular formula is C21H21F2N5. The molecule has 0 fully saturated rings. The van der Waals surface area contributed by atoms with E-state index in [1.54, 1.807) is 23.1 Å². The SMILES string of the molecule is CCCCCc1cc(F)c(-c2cc3c(-c4cnn(C)c4)n[nH]c3cn2)c(F)c1. The van der Waals surface area contributed by atoms with Gasteiger partial charge in [-0.25, -0.2) is 8.78 Å². The molecule has 3 heterocycles. The van der Waals surface area contributed by atoms with E-state index in [4.69, 9.17) is 0 Å². The lowest BCUT2D eigenvalue weighted by Crippen LogP contribution is -1.97. The van der Waals surface area contributed by atoms with E-state index in [0.717, 1.165) is 30.2 Å². The average Bonchev–Trinajstić information content (AvgIpc) is 3.27. The number of rotatable bonds is 6. The molecule has 0 bridgehead atoms. The number of aromatic nitrogens is 5. The van der Waals surface area contributed by atoms with Crippen molar-refractivity contribution < 1.29 is 8.78 Å². The fourth-order valence-electron chi connectivity index (χ4n) is 3.41. The summed E-state index contributed by atoms with van der Waals surface area (Å²) in [5.41, 5.74) is 2.99. The van der Waals surface area contributed by atoms with E-state index >= 15 is 0 Å². The number of hydrogen-bond donors (Lipinski definition) is 1. The first-order valence-corrected chi connectivity index (χ1v) is 9.38. The van der Waals surface area contributed by atoms with Gasteiger partial charge in [-0.05, 0) is 36.6 Å². The molecule has 0 amide bonds. The van der Waals surface area contributed by atoms with Crippen LogP contribution in [0.25, 0.3) is 33.4 Å². The normalized spacial score (nSPS) is 11.4. The minimum absolute atomic E-state index is 0.112. The van der Waals surface area contributed by atoms with Crippen LogP contribution in [0.4, 0.5) is 8.78 Å². The number of H-pyrrole nitrogens is 1. The van der Waals surface area contributed by atoms with Gasteiger partial charge in [0.1, 0.15) is 17.3 Å². The van der Waals surface area contributed by atoms with Gasteiger partial charge in [0.05, 0.1) is 29.2 Å². The average molecular weight is 381 g/mol. The van der Waals surface area contributed by atoms with Crippen molar-refractivity contribution >= 4 is 10.9 Å². The lowest BCUT2D eigenvalue weighted by atomic mass is 10.0. The summed E-state index contributed by atoms with van der Waals surface area (Å²) in [6.45, 7) is 2.10. The number of unbranched alkanes of at least 4 members (excludes halogenated alkanes) is 2. The molecule has 28 heavy (non-hydrogen) atoms. The van der Waals surface area contributed by atoms with E-state index < -0.39 is 11.6 Å². The monoisotopic (exact) mass is 381 g/mol. The first-order chi connectivity index (χ1) is 13.6. The Hall–Kier alpha value is -3.09. The quantitative estimate of drug-likeness (QED) is 0.476. The molecule has 3 aromatic heterocycles. The van der Waals surface area contributed by atoms with Crippen molar-refractivity contribution in [1.29, 1.82) is 0 Å². The molecule has 0 aliphatic carbocycles. The smallest absolute Gasteiger partial charge is 0.135 e. The van der Waals surface area contributed by atoms with Gasteiger partial charge in [0, 0.05) is 24.2 Å². The van der Waals surface area contributed by atoms with Crippen LogP contribution in [0.3, 0.4) is 0 Å². The second-order valence-electron chi connectivity index (χ2n) is 6.98. The number of nitrogens with one attached hydrogen (secondary N) is 1. The standard InChI is InChI=1S/C21H21F2N5/c1-3-4-5-6-13-7-16(22)20(17(23)8-13)18-9-15-19(11-24-18)26-27-21(15)14-10-25-28(2)12-14/h7-12H,3-6H2,1-2H3,(H,26,27). The molecule has 0 spiro atoms. The molecule has 4 aromatic rings. The van der Waals surface area contributed by atoms with E-state index in [9.17, 15) is 8.78 Å². The van der Waals surface area contributed by atoms with E-state index in [0.29, 0.717) is 23.2 Å². The number of pyridine rings is 1. The van der Waals surface area contributed by atoms with Crippen LogP contribution in [0.2, 0.25) is 0 Å². The van der Waals surface area contributed by atoms with Gasteiger partial charge < -0.3 is 0 Å². The molecule has 4 rings (SSSR count). The van der Waals surface area contributed by atoms with Crippen LogP contribution in [-0.2, 0) is 13.5 Å². The molecule has 0 unspecified atom stereocenters.